The number of allylic oxidation sites excluding steroid dienone is 2. The lowest BCUT2D eigenvalue weighted by atomic mass is 9.57. The maximum atomic E-state index is 2.53. The Morgan fingerprint density at radius 1 is 0.591 bits per heavy atom. The Morgan fingerprint density at radius 3 is 1.91 bits per heavy atom. The molecule has 0 spiro atoms. The van der Waals surface area contributed by atoms with Gasteiger partial charge >= 0.3 is 0 Å². The molecule has 122 valence electrons. The smallest absolute Gasteiger partial charge is 0.0168 e. The normalized spacial score (nSPS) is 53.8. The average Bonchev–Trinajstić information content (AvgIpc) is 2.72. The van der Waals surface area contributed by atoms with Gasteiger partial charge in [-0.3, -0.25) is 0 Å². The first-order chi connectivity index (χ1) is 10.9. The number of rotatable bonds is 2. The van der Waals surface area contributed by atoms with E-state index in [-0.39, 0.29) is 0 Å². The molecular formula is C22H34. The van der Waals surface area contributed by atoms with Crippen LogP contribution >= 0.6 is 0 Å². The highest BCUT2D eigenvalue weighted by molar-refractivity contribution is 5.09. The van der Waals surface area contributed by atoms with E-state index in [0.717, 1.165) is 47.3 Å². The number of fused-ring (bicyclic) bond motifs is 3. The summed E-state index contributed by atoms with van der Waals surface area (Å²) in [6.07, 6.45) is 23.8. The Balaban J connectivity index is 1.29. The standard InChI is InChI=1S/C22H34/c1-2-5-16-12-19(13-17-10-15(4-1)11-17)22(14-16)21-9-8-20(21)18-6-3-7-18/h3,6,15-22H,1-2,4-5,7-14H2. The third-order valence-corrected chi connectivity index (χ3v) is 8.57. The van der Waals surface area contributed by atoms with Crippen LogP contribution < -0.4 is 0 Å². The van der Waals surface area contributed by atoms with Gasteiger partial charge in [0.25, 0.3) is 0 Å². The van der Waals surface area contributed by atoms with Gasteiger partial charge in [0.2, 0.25) is 0 Å². The predicted octanol–water partition coefficient (Wildman–Crippen LogP) is 6.22. The van der Waals surface area contributed by atoms with E-state index < -0.39 is 0 Å². The van der Waals surface area contributed by atoms with Crippen LogP contribution in [0, 0.1) is 47.3 Å². The molecule has 0 aromatic carbocycles. The summed E-state index contributed by atoms with van der Waals surface area (Å²) >= 11 is 0. The topological polar surface area (TPSA) is 0 Å². The van der Waals surface area contributed by atoms with Crippen LogP contribution in [-0.2, 0) is 0 Å². The first kappa shape index (κ1) is 14.1. The summed E-state index contributed by atoms with van der Waals surface area (Å²) in [5.41, 5.74) is 0. The summed E-state index contributed by atoms with van der Waals surface area (Å²) in [5, 5.41) is 0. The van der Waals surface area contributed by atoms with Gasteiger partial charge in [-0.25, -0.2) is 0 Å². The SMILES string of the molecule is C1=CC(C2CCC2C2CC3CCCCC4CC(C4)CC2C3)C1. The molecule has 6 unspecified atom stereocenters. The van der Waals surface area contributed by atoms with Crippen molar-refractivity contribution in [3.8, 4) is 0 Å². The monoisotopic (exact) mass is 298 g/mol. The van der Waals surface area contributed by atoms with E-state index in [1.807, 2.05) is 0 Å². The van der Waals surface area contributed by atoms with Crippen LogP contribution in [0.1, 0.15) is 77.0 Å². The lowest BCUT2D eigenvalue weighted by Crippen LogP contribution is -2.40. The lowest BCUT2D eigenvalue weighted by molar-refractivity contribution is 0.0303. The van der Waals surface area contributed by atoms with Gasteiger partial charge in [-0.05, 0) is 98.7 Å². The summed E-state index contributed by atoms with van der Waals surface area (Å²) < 4.78 is 0. The minimum Gasteiger partial charge on any atom is -0.0876 e. The van der Waals surface area contributed by atoms with E-state index in [2.05, 4.69) is 12.2 Å². The zero-order valence-electron chi connectivity index (χ0n) is 14.3. The van der Waals surface area contributed by atoms with Crippen LogP contribution in [0.3, 0.4) is 0 Å². The third kappa shape index (κ3) is 2.40. The van der Waals surface area contributed by atoms with Crippen molar-refractivity contribution in [2.75, 3.05) is 0 Å². The molecule has 0 radical (unpaired) electrons. The summed E-state index contributed by atoms with van der Waals surface area (Å²) in [6.45, 7) is 0. The Morgan fingerprint density at radius 2 is 1.27 bits per heavy atom. The summed E-state index contributed by atoms with van der Waals surface area (Å²) in [4.78, 5) is 0. The Labute approximate surface area is 137 Å². The maximum absolute atomic E-state index is 2.53. The molecule has 0 aromatic heterocycles. The molecule has 0 saturated heterocycles. The third-order valence-electron chi connectivity index (χ3n) is 8.57. The van der Waals surface area contributed by atoms with Gasteiger partial charge in [-0.15, -0.1) is 0 Å². The summed E-state index contributed by atoms with van der Waals surface area (Å²) in [7, 11) is 0. The van der Waals surface area contributed by atoms with E-state index in [9.17, 15) is 0 Å². The Bertz CT molecular complexity index is 429. The molecule has 0 nitrogen and oxygen atoms in total. The van der Waals surface area contributed by atoms with Gasteiger partial charge in [-0.1, -0.05) is 37.8 Å². The molecule has 22 heavy (non-hydrogen) atoms. The second-order valence-electron chi connectivity index (χ2n) is 9.72. The van der Waals surface area contributed by atoms with Gasteiger partial charge in [0.1, 0.15) is 0 Å². The summed E-state index contributed by atoms with van der Waals surface area (Å²) in [6, 6.07) is 0. The molecule has 6 aliphatic carbocycles. The highest BCUT2D eigenvalue weighted by atomic mass is 14.5. The molecule has 4 bridgehead atoms. The molecule has 5 saturated carbocycles. The van der Waals surface area contributed by atoms with E-state index in [1.165, 1.54) is 6.42 Å². The van der Waals surface area contributed by atoms with E-state index in [1.54, 1.807) is 70.6 Å². The van der Waals surface area contributed by atoms with E-state index in [4.69, 9.17) is 0 Å². The molecule has 0 aromatic rings. The van der Waals surface area contributed by atoms with Crippen molar-refractivity contribution >= 4 is 0 Å². The molecule has 0 heterocycles. The minimum atomic E-state index is 0.991. The van der Waals surface area contributed by atoms with Gasteiger partial charge in [0.05, 0.1) is 0 Å². The van der Waals surface area contributed by atoms with Crippen molar-refractivity contribution in [2.24, 2.45) is 47.3 Å². The largest absolute Gasteiger partial charge is 0.0876 e. The van der Waals surface area contributed by atoms with Gasteiger partial charge in [-0.2, -0.15) is 0 Å². The van der Waals surface area contributed by atoms with Crippen molar-refractivity contribution in [1.82, 2.24) is 0 Å². The van der Waals surface area contributed by atoms with Gasteiger partial charge in [0, 0.05) is 0 Å². The zero-order chi connectivity index (χ0) is 14.5. The predicted molar refractivity (Wildman–Crippen MR) is 92.5 cm³/mol. The lowest BCUT2D eigenvalue weighted by Gasteiger charge is -2.48. The van der Waals surface area contributed by atoms with Crippen molar-refractivity contribution in [3.05, 3.63) is 12.2 Å². The molecule has 0 N–H and O–H groups in total. The van der Waals surface area contributed by atoms with Gasteiger partial charge in [0.15, 0.2) is 0 Å². The highest BCUT2D eigenvalue weighted by Gasteiger charge is 2.48. The minimum absolute atomic E-state index is 0.991. The van der Waals surface area contributed by atoms with Crippen LogP contribution in [0.4, 0.5) is 0 Å². The quantitative estimate of drug-likeness (QED) is 0.531. The van der Waals surface area contributed by atoms with Crippen molar-refractivity contribution in [2.45, 2.75) is 77.0 Å². The summed E-state index contributed by atoms with van der Waals surface area (Å²) in [5.74, 6) is 8.87. The first-order valence-electron chi connectivity index (χ1n) is 10.5. The second kappa shape index (κ2) is 5.67. The van der Waals surface area contributed by atoms with Crippen LogP contribution in [-0.4, -0.2) is 0 Å². The van der Waals surface area contributed by atoms with E-state index in [0.29, 0.717) is 0 Å². The van der Waals surface area contributed by atoms with Crippen molar-refractivity contribution in [3.63, 3.8) is 0 Å². The first-order valence-corrected chi connectivity index (χ1v) is 10.5. The van der Waals surface area contributed by atoms with Crippen LogP contribution in [0.25, 0.3) is 0 Å². The molecule has 6 rings (SSSR count). The molecule has 5 fully saturated rings. The van der Waals surface area contributed by atoms with E-state index >= 15 is 0 Å². The molecular weight excluding hydrogens is 264 g/mol. The Kier molecular flexibility index (Phi) is 3.64. The zero-order valence-corrected chi connectivity index (χ0v) is 14.3. The molecule has 0 heteroatoms. The molecule has 0 amide bonds. The van der Waals surface area contributed by atoms with Gasteiger partial charge < -0.3 is 0 Å². The fourth-order valence-electron chi connectivity index (χ4n) is 7.13. The number of hydrogen-bond acceptors (Lipinski definition) is 0. The number of hydrogen-bond donors (Lipinski definition) is 0. The fraction of sp³-hybridized carbons (Fsp3) is 0.909. The molecule has 0 aliphatic heterocycles. The average molecular weight is 299 g/mol. The Hall–Kier alpha value is -0.260. The highest BCUT2D eigenvalue weighted by Crippen LogP contribution is 2.57. The van der Waals surface area contributed by atoms with Crippen molar-refractivity contribution in [1.29, 1.82) is 0 Å². The van der Waals surface area contributed by atoms with Crippen LogP contribution in [0.2, 0.25) is 0 Å². The molecule has 6 aliphatic rings. The second-order valence-corrected chi connectivity index (χ2v) is 9.72. The van der Waals surface area contributed by atoms with Crippen molar-refractivity contribution < 1.29 is 0 Å². The fourth-order valence-corrected chi connectivity index (χ4v) is 7.13. The van der Waals surface area contributed by atoms with Crippen LogP contribution in [0.15, 0.2) is 12.2 Å². The maximum Gasteiger partial charge on any atom is -0.0168 e. The van der Waals surface area contributed by atoms with Crippen LogP contribution in [0.5, 0.6) is 0 Å². The molecule has 6 atom stereocenters.